The van der Waals surface area contributed by atoms with Gasteiger partial charge in [-0.2, -0.15) is 0 Å². The molecule has 6 nitrogen and oxygen atoms in total. The molecule has 1 saturated heterocycles. The van der Waals surface area contributed by atoms with E-state index in [1.165, 1.54) is 5.56 Å². The summed E-state index contributed by atoms with van der Waals surface area (Å²) in [5.41, 5.74) is 1.20. The van der Waals surface area contributed by atoms with Gasteiger partial charge in [0.25, 0.3) is 0 Å². The molecular formula is C19H29N3O3. The van der Waals surface area contributed by atoms with Gasteiger partial charge in [-0.3, -0.25) is 4.79 Å². The Morgan fingerprint density at radius 2 is 2.00 bits per heavy atom. The standard InChI is InChI=1S/C19H29N3O3/c1-21(2)17-11-13-22(14-16(17)8-9-18(23)24)19(25)20-12-10-15-6-4-3-5-7-15/h3-7,16-17H,8-14H2,1-2H3,(H,20,25)(H,23,24)/t16-,17+/m1/s1. The predicted molar refractivity (Wildman–Crippen MR) is 97.6 cm³/mol. The molecule has 0 spiro atoms. The zero-order valence-electron chi connectivity index (χ0n) is 15.1. The minimum Gasteiger partial charge on any atom is -0.481 e. The smallest absolute Gasteiger partial charge is 0.317 e. The van der Waals surface area contributed by atoms with E-state index in [2.05, 4.69) is 22.3 Å². The zero-order valence-corrected chi connectivity index (χ0v) is 15.1. The fraction of sp³-hybridized carbons (Fsp3) is 0.579. The molecule has 1 fully saturated rings. The number of nitrogens with one attached hydrogen (secondary N) is 1. The van der Waals surface area contributed by atoms with Gasteiger partial charge in [0, 0.05) is 32.1 Å². The molecule has 1 aliphatic rings. The van der Waals surface area contributed by atoms with Gasteiger partial charge in [-0.1, -0.05) is 30.3 Å². The lowest BCUT2D eigenvalue weighted by molar-refractivity contribution is -0.137. The molecule has 138 valence electrons. The van der Waals surface area contributed by atoms with Crippen LogP contribution in [0.2, 0.25) is 0 Å². The van der Waals surface area contributed by atoms with E-state index >= 15 is 0 Å². The highest BCUT2D eigenvalue weighted by Crippen LogP contribution is 2.25. The van der Waals surface area contributed by atoms with Crippen molar-refractivity contribution in [2.24, 2.45) is 5.92 Å². The first-order valence-electron chi connectivity index (χ1n) is 8.92. The minimum atomic E-state index is -0.776. The van der Waals surface area contributed by atoms with E-state index in [0.29, 0.717) is 32.1 Å². The second-order valence-electron chi connectivity index (χ2n) is 6.93. The molecule has 1 heterocycles. The van der Waals surface area contributed by atoms with Gasteiger partial charge in [-0.15, -0.1) is 0 Å². The van der Waals surface area contributed by atoms with Crippen molar-refractivity contribution in [2.75, 3.05) is 33.7 Å². The molecule has 2 N–H and O–H groups in total. The van der Waals surface area contributed by atoms with Crippen molar-refractivity contribution in [3.8, 4) is 0 Å². The minimum absolute atomic E-state index is 0.0477. The molecule has 1 aliphatic heterocycles. The van der Waals surface area contributed by atoms with Crippen molar-refractivity contribution in [1.82, 2.24) is 15.1 Å². The second kappa shape index (κ2) is 9.42. The fourth-order valence-electron chi connectivity index (χ4n) is 3.55. The lowest BCUT2D eigenvalue weighted by atomic mass is 9.87. The maximum Gasteiger partial charge on any atom is 0.317 e. The van der Waals surface area contributed by atoms with Crippen LogP contribution in [-0.4, -0.2) is 66.7 Å². The molecule has 0 bridgehead atoms. The molecule has 2 amide bonds. The van der Waals surface area contributed by atoms with Gasteiger partial charge in [-0.25, -0.2) is 4.79 Å². The van der Waals surface area contributed by atoms with Crippen molar-refractivity contribution in [3.63, 3.8) is 0 Å². The first-order chi connectivity index (χ1) is 12.0. The molecule has 2 atom stereocenters. The highest BCUT2D eigenvalue weighted by molar-refractivity contribution is 5.74. The van der Waals surface area contributed by atoms with Crippen LogP contribution in [0.15, 0.2) is 30.3 Å². The molecule has 6 heteroatoms. The number of carbonyl (C=O) groups excluding carboxylic acids is 1. The number of amides is 2. The van der Waals surface area contributed by atoms with E-state index in [-0.39, 0.29) is 18.4 Å². The first kappa shape index (κ1) is 19.2. The Hall–Kier alpha value is -2.08. The average Bonchev–Trinajstić information content (AvgIpc) is 2.60. The third-order valence-electron chi connectivity index (χ3n) is 4.91. The summed E-state index contributed by atoms with van der Waals surface area (Å²) >= 11 is 0. The van der Waals surface area contributed by atoms with Gasteiger partial charge < -0.3 is 20.2 Å². The quantitative estimate of drug-likeness (QED) is 0.792. The van der Waals surface area contributed by atoms with Gasteiger partial charge >= 0.3 is 12.0 Å². The van der Waals surface area contributed by atoms with Gasteiger partial charge in [0.05, 0.1) is 0 Å². The van der Waals surface area contributed by atoms with Gasteiger partial charge in [-0.05, 0) is 44.8 Å². The number of carbonyl (C=O) groups is 2. The zero-order chi connectivity index (χ0) is 18.2. The summed E-state index contributed by atoms with van der Waals surface area (Å²) in [7, 11) is 4.04. The molecule has 1 aromatic rings. The monoisotopic (exact) mass is 347 g/mol. The lowest BCUT2D eigenvalue weighted by Gasteiger charge is -2.41. The topological polar surface area (TPSA) is 72.9 Å². The van der Waals surface area contributed by atoms with Crippen molar-refractivity contribution in [1.29, 1.82) is 0 Å². The number of carboxylic acid groups (broad SMARTS) is 1. The number of likely N-dealkylation sites (tertiary alicyclic amines) is 1. The van der Waals surface area contributed by atoms with Crippen LogP contribution in [0.4, 0.5) is 4.79 Å². The summed E-state index contributed by atoms with van der Waals surface area (Å²) < 4.78 is 0. The summed E-state index contributed by atoms with van der Waals surface area (Å²) in [5, 5.41) is 11.9. The summed E-state index contributed by atoms with van der Waals surface area (Å²) in [5.74, 6) is -0.582. The summed E-state index contributed by atoms with van der Waals surface area (Å²) in [6.45, 7) is 1.94. The molecule has 0 aromatic heterocycles. The molecule has 0 saturated carbocycles. The molecule has 1 aromatic carbocycles. The van der Waals surface area contributed by atoms with Crippen molar-refractivity contribution in [2.45, 2.75) is 31.7 Å². The number of nitrogens with zero attached hydrogens (tertiary/aromatic N) is 2. The average molecular weight is 347 g/mol. The van der Waals surface area contributed by atoms with E-state index in [9.17, 15) is 9.59 Å². The van der Waals surface area contributed by atoms with Crippen LogP contribution in [0.25, 0.3) is 0 Å². The molecule has 25 heavy (non-hydrogen) atoms. The van der Waals surface area contributed by atoms with E-state index in [4.69, 9.17) is 5.11 Å². The van der Waals surface area contributed by atoms with Crippen LogP contribution in [0.1, 0.15) is 24.8 Å². The van der Waals surface area contributed by atoms with Crippen LogP contribution >= 0.6 is 0 Å². The van der Waals surface area contributed by atoms with Crippen LogP contribution < -0.4 is 5.32 Å². The summed E-state index contributed by atoms with van der Waals surface area (Å²) in [4.78, 5) is 27.3. The Morgan fingerprint density at radius 1 is 1.28 bits per heavy atom. The molecule has 0 aliphatic carbocycles. The number of hydrogen-bond acceptors (Lipinski definition) is 3. The number of rotatable bonds is 7. The molecular weight excluding hydrogens is 318 g/mol. The Balaban J connectivity index is 1.83. The Morgan fingerprint density at radius 3 is 2.64 bits per heavy atom. The van der Waals surface area contributed by atoms with Crippen molar-refractivity contribution >= 4 is 12.0 Å². The third-order valence-corrected chi connectivity index (χ3v) is 4.91. The molecule has 2 rings (SSSR count). The fourth-order valence-corrected chi connectivity index (χ4v) is 3.55. The first-order valence-corrected chi connectivity index (χ1v) is 8.92. The maximum absolute atomic E-state index is 12.4. The van der Waals surface area contributed by atoms with Crippen LogP contribution in [0.5, 0.6) is 0 Å². The normalized spacial score (nSPS) is 20.5. The van der Waals surface area contributed by atoms with E-state index < -0.39 is 5.97 Å². The lowest BCUT2D eigenvalue weighted by Crippen LogP contribution is -2.53. The van der Waals surface area contributed by atoms with Gasteiger partial charge in [0.2, 0.25) is 0 Å². The number of benzene rings is 1. The summed E-state index contributed by atoms with van der Waals surface area (Å²) in [6.07, 6.45) is 2.44. The van der Waals surface area contributed by atoms with Gasteiger partial charge in [0.15, 0.2) is 0 Å². The van der Waals surface area contributed by atoms with Crippen LogP contribution in [0.3, 0.4) is 0 Å². The van der Waals surface area contributed by atoms with Crippen LogP contribution in [-0.2, 0) is 11.2 Å². The largest absolute Gasteiger partial charge is 0.481 e. The Bertz CT molecular complexity index is 562. The van der Waals surface area contributed by atoms with Gasteiger partial charge in [0.1, 0.15) is 0 Å². The number of piperidine rings is 1. The number of carboxylic acids is 1. The summed E-state index contributed by atoms with van der Waals surface area (Å²) in [6, 6.07) is 10.4. The number of urea groups is 1. The van der Waals surface area contributed by atoms with Crippen LogP contribution in [0, 0.1) is 5.92 Å². The Kier molecular flexibility index (Phi) is 7.25. The highest BCUT2D eigenvalue weighted by atomic mass is 16.4. The second-order valence-corrected chi connectivity index (χ2v) is 6.93. The number of aliphatic carboxylic acids is 1. The third kappa shape index (κ3) is 6.05. The SMILES string of the molecule is CN(C)[C@H]1CCN(C(=O)NCCc2ccccc2)C[C@H]1CCC(=O)O. The maximum atomic E-state index is 12.4. The van der Waals surface area contributed by atoms with Crippen molar-refractivity contribution < 1.29 is 14.7 Å². The molecule has 0 unspecified atom stereocenters. The predicted octanol–water partition coefficient (Wildman–Crippen LogP) is 2.06. The van der Waals surface area contributed by atoms with E-state index in [0.717, 1.165) is 12.8 Å². The number of hydrogen-bond donors (Lipinski definition) is 2. The van der Waals surface area contributed by atoms with E-state index in [1.807, 2.05) is 37.2 Å². The Labute approximate surface area is 149 Å². The molecule has 0 radical (unpaired) electrons. The van der Waals surface area contributed by atoms with E-state index in [1.54, 1.807) is 0 Å². The highest BCUT2D eigenvalue weighted by Gasteiger charge is 2.32. The van der Waals surface area contributed by atoms with Crippen molar-refractivity contribution in [3.05, 3.63) is 35.9 Å².